The van der Waals surface area contributed by atoms with Crippen molar-refractivity contribution in [3.05, 3.63) is 0 Å². The van der Waals surface area contributed by atoms with Crippen molar-refractivity contribution in [3.63, 3.8) is 0 Å². The molecule has 1 saturated heterocycles. The first kappa shape index (κ1) is 13.2. The number of nitrogens with zero attached hydrogens (tertiary/aromatic N) is 2. The third-order valence-electron chi connectivity index (χ3n) is 4.01. The molecular weight excluding hydrogens is 232 g/mol. The van der Waals surface area contributed by atoms with E-state index in [0.717, 1.165) is 45.2 Å². The molecule has 0 aromatic rings. The molecule has 2 rings (SSSR count). The largest absolute Gasteiger partial charge is 0.480 e. The summed E-state index contributed by atoms with van der Waals surface area (Å²) in [7, 11) is 0. The summed E-state index contributed by atoms with van der Waals surface area (Å²) in [5.74, 6) is -0.383. The van der Waals surface area contributed by atoms with Gasteiger partial charge in [-0.25, -0.2) is 4.79 Å². The second-order valence-corrected chi connectivity index (χ2v) is 5.58. The number of carbonyl (C=O) groups excluding carboxylic acids is 1. The first-order valence-electron chi connectivity index (χ1n) is 6.85. The molecule has 102 valence electrons. The van der Waals surface area contributed by atoms with Crippen LogP contribution in [0.4, 0.5) is 4.79 Å². The van der Waals surface area contributed by atoms with Crippen LogP contribution in [0.5, 0.6) is 0 Å². The highest BCUT2D eigenvalue weighted by Gasteiger charge is 2.33. The summed E-state index contributed by atoms with van der Waals surface area (Å²) in [5.41, 5.74) is 0. The SMILES string of the molecule is CC1CCN(C(=O)N(CC(=O)O)C2CCCC2)C1. The van der Waals surface area contributed by atoms with E-state index in [-0.39, 0.29) is 18.6 Å². The summed E-state index contributed by atoms with van der Waals surface area (Å²) in [6.07, 6.45) is 5.12. The minimum atomic E-state index is -0.914. The van der Waals surface area contributed by atoms with E-state index >= 15 is 0 Å². The number of hydrogen-bond acceptors (Lipinski definition) is 2. The van der Waals surface area contributed by atoms with Crippen molar-refractivity contribution in [1.82, 2.24) is 9.80 Å². The van der Waals surface area contributed by atoms with Crippen LogP contribution < -0.4 is 0 Å². The van der Waals surface area contributed by atoms with Crippen LogP contribution in [0.25, 0.3) is 0 Å². The fourth-order valence-electron chi connectivity index (χ4n) is 3.00. The van der Waals surface area contributed by atoms with Crippen molar-refractivity contribution in [1.29, 1.82) is 0 Å². The maximum Gasteiger partial charge on any atom is 0.323 e. The minimum absolute atomic E-state index is 0.0753. The molecule has 1 atom stereocenters. The number of carboxylic acids is 1. The Morgan fingerprint density at radius 3 is 2.44 bits per heavy atom. The molecule has 0 radical (unpaired) electrons. The fraction of sp³-hybridized carbons (Fsp3) is 0.846. The number of carbonyl (C=O) groups is 2. The molecule has 0 bridgehead atoms. The zero-order valence-electron chi connectivity index (χ0n) is 11.0. The van der Waals surface area contributed by atoms with Gasteiger partial charge in [0.25, 0.3) is 0 Å². The molecule has 1 N–H and O–H groups in total. The lowest BCUT2D eigenvalue weighted by atomic mass is 10.2. The fourth-order valence-corrected chi connectivity index (χ4v) is 3.00. The average molecular weight is 254 g/mol. The third-order valence-corrected chi connectivity index (χ3v) is 4.01. The van der Waals surface area contributed by atoms with Crippen LogP contribution in [0.3, 0.4) is 0 Å². The summed E-state index contributed by atoms with van der Waals surface area (Å²) < 4.78 is 0. The van der Waals surface area contributed by atoms with Crippen LogP contribution >= 0.6 is 0 Å². The smallest absolute Gasteiger partial charge is 0.323 e. The standard InChI is InChI=1S/C13H22N2O3/c1-10-6-7-14(8-10)13(18)15(9-12(16)17)11-4-2-3-5-11/h10-11H,2-9H2,1H3,(H,16,17). The zero-order chi connectivity index (χ0) is 13.1. The second kappa shape index (κ2) is 5.59. The van der Waals surface area contributed by atoms with Crippen molar-refractivity contribution in [2.24, 2.45) is 5.92 Å². The lowest BCUT2D eigenvalue weighted by Gasteiger charge is -2.31. The number of carboxylic acid groups (broad SMARTS) is 1. The summed E-state index contributed by atoms with van der Waals surface area (Å²) in [4.78, 5) is 26.7. The van der Waals surface area contributed by atoms with E-state index in [4.69, 9.17) is 5.11 Å². The molecule has 0 spiro atoms. The van der Waals surface area contributed by atoms with Crippen molar-refractivity contribution in [2.75, 3.05) is 19.6 Å². The lowest BCUT2D eigenvalue weighted by molar-refractivity contribution is -0.138. The van der Waals surface area contributed by atoms with Crippen LogP contribution in [-0.2, 0) is 4.79 Å². The van der Waals surface area contributed by atoms with Gasteiger partial charge in [-0.05, 0) is 25.2 Å². The summed E-state index contributed by atoms with van der Waals surface area (Å²) in [6.45, 7) is 3.50. The number of likely N-dealkylation sites (tertiary alicyclic amines) is 1. The van der Waals surface area contributed by atoms with Gasteiger partial charge in [0.1, 0.15) is 6.54 Å². The van der Waals surface area contributed by atoms with Gasteiger partial charge in [-0.3, -0.25) is 4.79 Å². The quantitative estimate of drug-likeness (QED) is 0.835. The molecule has 1 heterocycles. The topological polar surface area (TPSA) is 60.9 Å². The third kappa shape index (κ3) is 2.94. The van der Waals surface area contributed by atoms with Gasteiger partial charge in [-0.2, -0.15) is 0 Å². The molecule has 18 heavy (non-hydrogen) atoms. The van der Waals surface area contributed by atoms with E-state index in [2.05, 4.69) is 6.92 Å². The maximum atomic E-state index is 12.4. The van der Waals surface area contributed by atoms with Gasteiger partial charge in [-0.1, -0.05) is 19.8 Å². The van der Waals surface area contributed by atoms with Gasteiger partial charge < -0.3 is 14.9 Å². The maximum absolute atomic E-state index is 12.4. The first-order valence-corrected chi connectivity index (χ1v) is 6.85. The first-order chi connectivity index (χ1) is 8.58. The molecule has 2 aliphatic rings. The Bertz CT molecular complexity index is 326. The Hall–Kier alpha value is -1.26. The molecule has 2 fully saturated rings. The number of hydrogen-bond donors (Lipinski definition) is 1. The second-order valence-electron chi connectivity index (χ2n) is 5.58. The molecule has 2 amide bonds. The van der Waals surface area contributed by atoms with Gasteiger partial charge in [0.05, 0.1) is 0 Å². The molecule has 5 nitrogen and oxygen atoms in total. The Kier molecular flexibility index (Phi) is 4.09. The number of amides is 2. The Labute approximate surface area is 108 Å². The molecule has 0 aromatic heterocycles. The summed E-state index contributed by atoms with van der Waals surface area (Å²) in [5, 5.41) is 8.98. The lowest BCUT2D eigenvalue weighted by Crippen LogP contribution is -2.48. The number of rotatable bonds is 3. The number of aliphatic carboxylic acids is 1. The van der Waals surface area contributed by atoms with Crippen molar-refractivity contribution >= 4 is 12.0 Å². The normalized spacial score (nSPS) is 24.5. The van der Waals surface area contributed by atoms with Crippen LogP contribution in [-0.4, -0.2) is 52.6 Å². The Morgan fingerprint density at radius 1 is 1.28 bits per heavy atom. The highest BCUT2D eigenvalue weighted by molar-refractivity contribution is 5.80. The van der Waals surface area contributed by atoms with Gasteiger partial charge >= 0.3 is 12.0 Å². The molecular formula is C13H22N2O3. The van der Waals surface area contributed by atoms with Crippen molar-refractivity contribution in [2.45, 2.75) is 45.1 Å². The van der Waals surface area contributed by atoms with E-state index in [0.29, 0.717) is 5.92 Å². The average Bonchev–Trinajstić information content (AvgIpc) is 2.95. The van der Waals surface area contributed by atoms with Crippen molar-refractivity contribution < 1.29 is 14.7 Å². The predicted octanol–water partition coefficient (Wildman–Crippen LogP) is 1.78. The van der Waals surface area contributed by atoms with Crippen LogP contribution in [0.1, 0.15) is 39.0 Å². The van der Waals surface area contributed by atoms with Crippen molar-refractivity contribution in [3.8, 4) is 0 Å². The van der Waals surface area contributed by atoms with Crippen LogP contribution in [0.2, 0.25) is 0 Å². The van der Waals surface area contributed by atoms with Gasteiger partial charge in [0.2, 0.25) is 0 Å². The van der Waals surface area contributed by atoms with Crippen LogP contribution in [0.15, 0.2) is 0 Å². The van der Waals surface area contributed by atoms with E-state index in [1.165, 1.54) is 0 Å². The number of urea groups is 1. The molecule has 0 aromatic carbocycles. The Morgan fingerprint density at radius 2 is 1.94 bits per heavy atom. The van der Waals surface area contributed by atoms with E-state index in [1.807, 2.05) is 4.90 Å². The highest BCUT2D eigenvalue weighted by Crippen LogP contribution is 2.26. The molecule has 1 unspecified atom stereocenters. The molecule has 5 heteroatoms. The van der Waals surface area contributed by atoms with Gasteiger partial charge in [0, 0.05) is 19.1 Å². The molecule has 1 aliphatic carbocycles. The van der Waals surface area contributed by atoms with Gasteiger partial charge in [0.15, 0.2) is 0 Å². The van der Waals surface area contributed by atoms with E-state index in [9.17, 15) is 9.59 Å². The zero-order valence-corrected chi connectivity index (χ0v) is 11.0. The van der Waals surface area contributed by atoms with E-state index < -0.39 is 5.97 Å². The monoisotopic (exact) mass is 254 g/mol. The minimum Gasteiger partial charge on any atom is -0.480 e. The predicted molar refractivity (Wildman–Crippen MR) is 67.3 cm³/mol. The Balaban J connectivity index is 2.02. The van der Waals surface area contributed by atoms with Crippen LogP contribution in [0, 0.1) is 5.92 Å². The molecule has 1 aliphatic heterocycles. The highest BCUT2D eigenvalue weighted by atomic mass is 16.4. The van der Waals surface area contributed by atoms with E-state index in [1.54, 1.807) is 4.90 Å². The summed E-state index contributed by atoms with van der Waals surface area (Å²) in [6, 6.07) is 0.0538. The molecule has 1 saturated carbocycles. The van der Waals surface area contributed by atoms with Gasteiger partial charge in [-0.15, -0.1) is 0 Å². The summed E-state index contributed by atoms with van der Waals surface area (Å²) >= 11 is 0.